The quantitative estimate of drug-likeness (QED) is 0.480. The van der Waals surface area contributed by atoms with Gasteiger partial charge in [-0.05, 0) is 23.9 Å². The van der Waals surface area contributed by atoms with Crippen LogP contribution in [0, 0.1) is 13.8 Å². The highest BCUT2D eigenvalue weighted by Crippen LogP contribution is 2.12. The molecule has 0 N–H and O–H groups in total. The van der Waals surface area contributed by atoms with Crippen molar-refractivity contribution < 1.29 is 0 Å². The zero-order valence-corrected chi connectivity index (χ0v) is 4.96. The lowest BCUT2D eigenvalue weighted by Crippen LogP contribution is -1.61. The SMILES string of the molecule is [CH]c1sccc1C. The van der Waals surface area contributed by atoms with Gasteiger partial charge in [-0.25, -0.2) is 0 Å². The Morgan fingerprint density at radius 1 is 1.71 bits per heavy atom. The molecule has 0 bridgehead atoms. The third-order valence-electron chi connectivity index (χ3n) is 0.902. The summed E-state index contributed by atoms with van der Waals surface area (Å²) in [7, 11) is 0. The molecule has 1 heteroatoms. The van der Waals surface area contributed by atoms with Crippen LogP contribution >= 0.6 is 11.3 Å². The fourth-order valence-corrected chi connectivity index (χ4v) is 1.06. The van der Waals surface area contributed by atoms with Crippen LogP contribution < -0.4 is 0 Å². The van der Waals surface area contributed by atoms with E-state index in [0.717, 1.165) is 4.88 Å². The monoisotopic (exact) mass is 110 g/mol. The number of rotatable bonds is 0. The first-order valence-electron chi connectivity index (χ1n) is 2.10. The van der Waals surface area contributed by atoms with Crippen LogP contribution in [0.15, 0.2) is 11.4 Å². The number of aryl methyl sites for hydroxylation is 1. The first kappa shape index (κ1) is 4.85. The summed E-state index contributed by atoms with van der Waals surface area (Å²) in [6.45, 7) is 7.46. The largest absolute Gasteiger partial charge is 0.148 e. The predicted molar refractivity (Wildman–Crippen MR) is 32.5 cm³/mol. The van der Waals surface area contributed by atoms with E-state index in [4.69, 9.17) is 6.92 Å². The van der Waals surface area contributed by atoms with Gasteiger partial charge in [0.25, 0.3) is 0 Å². The molecule has 0 amide bonds. The normalized spacial score (nSPS) is 9.43. The van der Waals surface area contributed by atoms with Crippen molar-refractivity contribution in [3.8, 4) is 0 Å². The highest BCUT2D eigenvalue weighted by atomic mass is 32.1. The van der Waals surface area contributed by atoms with Gasteiger partial charge in [0.15, 0.2) is 0 Å². The van der Waals surface area contributed by atoms with E-state index in [1.165, 1.54) is 5.56 Å². The number of thiophene rings is 1. The molecule has 7 heavy (non-hydrogen) atoms. The summed E-state index contributed by atoms with van der Waals surface area (Å²) in [5.74, 6) is 0. The van der Waals surface area contributed by atoms with Gasteiger partial charge in [-0.3, -0.25) is 0 Å². The Hall–Kier alpha value is -0.300. The maximum absolute atomic E-state index is 5.46. The van der Waals surface area contributed by atoms with Crippen molar-refractivity contribution in [2.24, 2.45) is 0 Å². The van der Waals surface area contributed by atoms with Crippen LogP contribution in [0.1, 0.15) is 10.4 Å². The molecule has 0 aliphatic carbocycles. The lowest BCUT2D eigenvalue weighted by atomic mass is 10.3. The van der Waals surface area contributed by atoms with Crippen LogP contribution in [-0.2, 0) is 0 Å². The summed E-state index contributed by atoms with van der Waals surface area (Å²) >= 11 is 1.58. The average Bonchev–Trinajstić information content (AvgIpc) is 1.91. The van der Waals surface area contributed by atoms with E-state index >= 15 is 0 Å². The van der Waals surface area contributed by atoms with Crippen molar-refractivity contribution in [1.82, 2.24) is 0 Å². The van der Waals surface area contributed by atoms with Gasteiger partial charge in [0.1, 0.15) is 0 Å². The molecule has 0 aliphatic heterocycles. The van der Waals surface area contributed by atoms with Crippen LogP contribution in [0.2, 0.25) is 0 Å². The number of hydrogen-bond acceptors (Lipinski definition) is 1. The first-order valence-corrected chi connectivity index (χ1v) is 2.98. The molecule has 0 aliphatic rings. The fraction of sp³-hybridized carbons (Fsp3) is 0.167. The van der Waals surface area contributed by atoms with Crippen molar-refractivity contribution >= 4 is 11.3 Å². The zero-order chi connectivity index (χ0) is 5.28. The Kier molecular flexibility index (Phi) is 1.15. The van der Waals surface area contributed by atoms with Crippen molar-refractivity contribution in [1.29, 1.82) is 0 Å². The fourth-order valence-electron chi connectivity index (χ4n) is 0.384. The first-order chi connectivity index (χ1) is 3.30. The molecule has 0 aromatic carbocycles. The van der Waals surface area contributed by atoms with Crippen molar-refractivity contribution in [3.63, 3.8) is 0 Å². The third-order valence-corrected chi connectivity index (χ3v) is 1.75. The van der Waals surface area contributed by atoms with E-state index in [1.54, 1.807) is 11.3 Å². The topological polar surface area (TPSA) is 0 Å². The van der Waals surface area contributed by atoms with Gasteiger partial charge in [-0.2, -0.15) is 0 Å². The molecule has 1 aromatic heterocycles. The molecule has 0 saturated carbocycles. The van der Waals surface area contributed by atoms with Crippen LogP contribution in [0.3, 0.4) is 0 Å². The van der Waals surface area contributed by atoms with Gasteiger partial charge < -0.3 is 0 Å². The van der Waals surface area contributed by atoms with E-state index in [-0.39, 0.29) is 0 Å². The molecular weight excluding hydrogens is 104 g/mol. The van der Waals surface area contributed by atoms with Crippen LogP contribution in [0.25, 0.3) is 0 Å². The summed E-state index contributed by atoms with van der Waals surface area (Å²) in [4.78, 5) is 0.931. The van der Waals surface area contributed by atoms with Gasteiger partial charge in [-0.1, -0.05) is 0 Å². The zero-order valence-electron chi connectivity index (χ0n) is 4.14. The molecule has 0 fully saturated rings. The molecule has 2 radical (unpaired) electrons. The Morgan fingerprint density at radius 2 is 2.43 bits per heavy atom. The smallest absolute Gasteiger partial charge is 0.0119 e. The summed E-state index contributed by atoms with van der Waals surface area (Å²) in [6, 6.07) is 2.01. The minimum Gasteiger partial charge on any atom is -0.148 e. The Morgan fingerprint density at radius 3 is 2.57 bits per heavy atom. The second-order valence-corrected chi connectivity index (χ2v) is 2.42. The van der Waals surface area contributed by atoms with Crippen molar-refractivity contribution in [2.45, 2.75) is 6.92 Å². The van der Waals surface area contributed by atoms with Crippen molar-refractivity contribution in [2.75, 3.05) is 0 Å². The molecule has 1 rings (SSSR count). The third kappa shape index (κ3) is 0.829. The second-order valence-electron chi connectivity index (χ2n) is 1.47. The van der Waals surface area contributed by atoms with Gasteiger partial charge in [-0.15, -0.1) is 11.3 Å². The van der Waals surface area contributed by atoms with E-state index in [1.807, 2.05) is 18.4 Å². The molecule has 0 spiro atoms. The average molecular weight is 110 g/mol. The van der Waals surface area contributed by atoms with E-state index in [9.17, 15) is 0 Å². The minimum absolute atomic E-state index is 0.931. The van der Waals surface area contributed by atoms with Crippen LogP contribution in [0.5, 0.6) is 0 Å². The number of hydrogen-bond donors (Lipinski definition) is 0. The standard InChI is InChI=1S/C6H6S/c1-5-3-4-7-6(5)2/h2-4H,1H3. The minimum atomic E-state index is 0.931. The molecular formula is C6H6S. The second kappa shape index (κ2) is 1.66. The lowest BCUT2D eigenvalue weighted by Gasteiger charge is -1.79. The Bertz CT molecular complexity index is 136. The van der Waals surface area contributed by atoms with Crippen molar-refractivity contribution in [3.05, 3.63) is 28.8 Å². The predicted octanol–water partition coefficient (Wildman–Crippen LogP) is 2.12. The molecule has 0 unspecified atom stereocenters. The summed E-state index contributed by atoms with van der Waals surface area (Å²) in [6.07, 6.45) is 0. The summed E-state index contributed by atoms with van der Waals surface area (Å²) < 4.78 is 0. The molecule has 0 atom stereocenters. The highest BCUT2D eigenvalue weighted by Gasteiger charge is 1.87. The maximum Gasteiger partial charge on any atom is 0.0119 e. The lowest BCUT2D eigenvalue weighted by molar-refractivity contribution is 1.52. The Balaban J connectivity index is 3.12. The molecule has 1 aromatic rings. The van der Waals surface area contributed by atoms with E-state index < -0.39 is 0 Å². The maximum atomic E-state index is 5.46. The highest BCUT2D eigenvalue weighted by molar-refractivity contribution is 7.10. The van der Waals surface area contributed by atoms with Gasteiger partial charge in [0.2, 0.25) is 0 Å². The molecule has 1 heterocycles. The summed E-state index contributed by atoms with van der Waals surface area (Å²) in [5, 5.41) is 1.99. The molecule has 0 saturated heterocycles. The van der Waals surface area contributed by atoms with Gasteiger partial charge >= 0.3 is 0 Å². The van der Waals surface area contributed by atoms with Crippen LogP contribution in [0.4, 0.5) is 0 Å². The van der Waals surface area contributed by atoms with Crippen LogP contribution in [-0.4, -0.2) is 0 Å². The molecule has 36 valence electrons. The molecule has 0 nitrogen and oxygen atoms in total. The van der Waals surface area contributed by atoms with E-state index in [0.29, 0.717) is 0 Å². The Labute approximate surface area is 47.8 Å². The summed E-state index contributed by atoms with van der Waals surface area (Å²) in [5.41, 5.74) is 1.19. The van der Waals surface area contributed by atoms with Gasteiger partial charge in [0.05, 0.1) is 0 Å². The van der Waals surface area contributed by atoms with E-state index in [2.05, 4.69) is 0 Å². The van der Waals surface area contributed by atoms with Gasteiger partial charge in [0, 0.05) is 11.8 Å².